The Morgan fingerprint density at radius 1 is 1.20 bits per heavy atom. The van der Waals surface area contributed by atoms with Gasteiger partial charge in [-0.05, 0) is 35.7 Å². The zero-order valence-corrected chi connectivity index (χ0v) is 15.4. The molecule has 9 heteroatoms. The van der Waals surface area contributed by atoms with Crippen LogP contribution < -0.4 is 11.1 Å². The van der Waals surface area contributed by atoms with Crippen molar-refractivity contribution in [2.24, 2.45) is 5.73 Å². The zero-order chi connectivity index (χ0) is 18.2. The predicted molar refractivity (Wildman–Crippen MR) is 99.2 cm³/mol. The summed E-state index contributed by atoms with van der Waals surface area (Å²) in [5.41, 5.74) is 5.42. The minimum atomic E-state index is -0.632. The summed E-state index contributed by atoms with van der Waals surface area (Å²) in [6.45, 7) is -0.416. The first-order valence-electron chi connectivity index (χ1n) is 7.17. The van der Waals surface area contributed by atoms with Crippen LogP contribution >= 0.6 is 34.7 Å². The maximum atomic E-state index is 11.8. The highest BCUT2D eigenvalue weighted by Crippen LogP contribution is 2.23. The lowest BCUT2D eigenvalue weighted by molar-refractivity contribution is -0.146. The first kappa shape index (κ1) is 19.3. The van der Waals surface area contributed by atoms with Crippen LogP contribution in [0.15, 0.2) is 40.6 Å². The number of hydrogen-bond acceptors (Lipinski definition) is 6. The molecule has 6 nitrogen and oxygen atoms in total. The van der Waals surface area contributed by atoms with Gasteiger partial charge in [0.2, 0.25) is 0 Å². The van der Waals surface area contributed by atoms with Crippen LogP contribution in [0.1, 0.15) is 16.8 Å². The Hall–Kier alpha value is -2.03. The van der Waals surface area contributed by atoms with E-state index in [2.05, 4.69) is 5.32 Å². The van der Waals surface area contributed by atoms with Crippen LogP contribution in [0.5, 0.6) is 0 Å². The molecule has 3 N–H and O–H groups in total. The maximum Gasteiger partial charge on any atom is 0.307 e. The third-order valence-corrected chi connectivity index (χ3v) is 5.03. The van der Waals surface area contributed by atoms with Gasteiger partial charge in [-0.2, -0.15) is 0 Å². The SMILES string of the molecule is NC(=O)c1ccsc1NC(=O)COC(=O)CCSc1ccc(Cl)cc1. The molecule has 132 valence electrons. The molecule has 0 bridgehead atoms. The van der Waals surface area contributed by atoms with Crippen molar-refractivity contribution in [3.63, 3.8) is 0 Å². The predicted octanol–water partition coefficient (Wildman–Crippen LogP) is 3.16. The Labute approximate surface area is 157 Å². The first-order valence-corrected chi connectivity index (χ1v) is 9.41. The van der Waals surface area contributed by atoms with Crippen molar-refractivity contribution in [2.75, 3.05) is 17.7 Å². The van der Waals surface area contributed by atoms with Crippen molar-refractivity contribution in [1.29, 1.82) is 0 Å². The second-order valence-electron chi connectivity index (χ2n) is 4.79. The van der Waals surface area contributed by atoms with E-state index in [4.69, 9.17) is 22.1 Å². The lowest BCUT2D eigenvalue weighted by Gasteiger charge is -2.06. The summed E-state index contributed by atoms with van der Waals surface area (Å²) in [6.07, 6.45) is 0.173. The molecule has 1 heterocycles. The van der Waals surface area contributed by atoms with Crippen LogP contribution in [0.3, 0.4) is 0 Å². The van der Waals surface area contributed by atoms with E-state index < -0.39 is 24.4 Å². The van der Waals surface area contributed by atoms with Crippen molar-refractivity contribution >= 4 is 57.5 Å². The molecule has 0 spiro atoms. The number of nitrogens with two attached hydrogens (primary N) is 1. The number of carbonyl (C=O) groups excluding carboxylic acids is 3. The number of ether oxygens (including phenoxy) is 1. The van der Waals surface area contributed by atoms with Gasteiger partial charge < -0.3 is 15.8 Å². The van der Waals surface area contributed by atoms with Crippen molar-refractivity contribution in [3.8, 4) is 0 Å². The van der Waals surface area contributed by atoms with Crippen LogP contribution in [0, 0.1) is 0 Å². The van der Waals surface area contributed by atoms with Gasteiger partial charge in [-0.25, -0.2) is 0 Å². The molecule has 0 aliphatic carbocycles. The van der Waals surface area contributed by atoms with Gasteiger partial charge in [-0.15, -0.1) is 23.1 Å². The average molecular weight is 399 g/mol. The molecule has 0 aliphatic heterocycles. The summed E-state index contributed by atoms with van der Waals surface area (Å²) >= 11 is 8.46. The molecular weight excluding hydrogens is 384 g/mol. The van der Waals surface area contributed by atoms with Gasteiger partial charge in [0, 0.05) is 15.7 Å². The van der Waals surface area contributed by atoms with E-state index in [1.54, 1.807) is 17.5 Å². The minimum Gasteiger partial charge on any atom is -0.456 e. The number of primary amides is 1. The lowest BCUT2D eigenvalue weighted by Crippen LogP contribution is -2.22. The second kappa shape index (κ2) is 9.45. The minimum absolute atomic E-state index is 0.173. The fourth-order valence-electron chi connectivity index (χ4n) is 1.76. The Bertz CT molecular complexity index is 762. The third kappa shape index (κ3) is 6.41. The molecule has 1 aromatic heterocycles. The van der Waals surface area contributed by atoms with E-state index in [0.717, 1.165) is 4.90 Å². The summed E-state index contributed by atoms with van der Waals surface area (Å²) in [5.74, 6) is -1.10. The Balaban J connectivity index is 1.68. The Morgan fingerprint density at radius 3 is 2.60 bits per heavy atom. The molecular formula is C16H15ClN2O4S2. The van der Waals surface area contributed by atoms with Gasteiger partial charge in [0.05, 0.1) is 12.0 Å². The number of thiophene rings is 1. The lowest BCUT2D eigenvalue weighted by atomic mass is 10.3. The molecule has 0 saturated carbocycles. The Morgan fingerprint density at radius 2 is 1.92 bits per heavy atom. The smallest absolute Gasteiger partial charge is 0.307 e. The highest BCUT2D eigenvalue weighted by atomic mass is 35.5. The van der Waals surface area contributed by atoms with E-state index in [1.807, 2.05) is 12.1 Å². The summed E-state index contributed by atoms with van der Waals surface area (Å²) < 4.78 is 4.91. The van der Waals surface area contributed by atoms with E-state index in [1.165, 1.54) is 29.2 Å². The van der Waals surface area contributed by atoms with Crippen molar-refractivity contribution in [3.05, 3.63) is 46.3 Å². The van der Waals surface area contributed by atoms with Gasteiger partial charge in [-0.3, -0.25) is 14.4 Å². The number of rotatable bonds is 8. The van der Waals surface area contributed by atoms with Gasteiger partial charge >= 0.3 is 5.97 Å². The highest BCUT2D eigenvalue weighted by molar-refractivity contribution is 7.99. The fourth-order valence-corrected chi connectivity index (χ4v) is 3.53. The number of anilines is 1. The van der Waals surface area contributed by atoms with Crippen molar-refractivity contribution < 1.29 is 19.1 Å². The van der Waals surface area contributed by atoms with Gasteiger partial charge in [0.15, 0.2) is 6.61 Å². The third-order valence-electron chi connectivity index (χ3n) is 2.94. The highest BCUT2D eigenvalue weighted by Gasteiger charge is 2.14. The fraction of sp³-hybridized carbons (Fsp3) is 0.188. The summed E-state index contributed by atoms with van der Waals surface area (Å²) in [6, 6.07) is 8.80. The molecule has 25 heavy (non-hydrogen) atoms. The van der Waals surface area contributed by atoms with Gasteiger partial charge in [0.25, 0.3) is 11.8 Å². The largest absolute Gasteiger partial charge is 0.456 e. The topological polar surface area (TPSA) is 98.5 Å². The molecule has 2 amide bonds. The van der Waals surface area contributed by atoms with Crippen molar-refractivity contribution in [1.82, 2.24) is 0 Å². The molecule has 0 saturated heterocycles. The molecule has 2 rings (SSSR count). The van der Waals surface area contributed by atoms with Crippen molar-refractivity contribution in [2.45, 2.75) is 11.3 Å². The number of carbonyl (C=O) groups is 3. The Kier molecular flexibility index (Phi) is 7.30. The number of nitrogens with one attached hydrogen (secondary N) is 1. The number of amides is 2. The van der Waals surface area contributed by atoms with Crippen LogP contribution in [0.4, 0.5) is 5.00 Å². The number of thioether (sulfide) groups is 1. The first-order chi connectivity index (χ1) is 12.0. The normalized spacial score (nSPS) is 10.3. The van der Waals surface area contributed by atoms with Crippen LogP contribution in [0.2, 0.25) is 5.02 Å². The molecule has 0 aliphatic rings. The number of benzene rings is 1. The van der Waals surface area contributed by atoms with E-state index >= 15 is 0 Å². The molecule has 1 aromatic carbocycles. The van der Waals surface area contributed by atoms with E-state index in [0.29, 0.717) is 15.8 Å². The molecule has 0 radical (unpaired) electrons. The average Bonchev–Trinajstić information content (AvgIpc) is 3.03. The molecule has 2 aromatic rings. The van der Waals surface area contributed by atoms with Gasteiger partial charge in [0.1, 0.15) is 5.00 Å². The molecule has 0 atom stereocenters. The van der Waals surface area contributed by atoms with Crippen LogP contribution in [0.25, 0.3) is 0 Å². The standard InChI is InChI=1S/C16H15ClN2O4S2/c17-10-1-3-11(4-2-10)24-8-6-14(21)23-9-13(20)19-16-12(15(18)22)5-7-25-16/h1-5,7H,6,8-9H2,(H2,18,22)(H,19,20). The molecule has 0 fully saturated rings. The zero-order valence-electron chi connectivity index (χ0n) is 13.0. The van der Waals surface area contributed by atoms with Crippen LogP contribution in [-0.4, -0.2) is 30.1 Å². The van der Waals surface area contributed by atoms with E-state index in [9.17, 15) is 14.4 Å². The number of hydrogen-bond donors (Lipinski definition) is 2. The van der Waals surface area contributed by atoms with E-state index in [-0.39, 0.29) is 12.0 Å². The second-order valence-corrected chi connectivity index (χ2v) is 7.31. The summed E-state index contributed by atoms with van der Waals surface area (Å²) in [4.78, 5) is 35.6. The monoisotopic (exact) mass is 398 g/mol. The van der Waals surface area contributed by atoms with Gasteiger partial charge in [-0.1, -0.05) is 11.6 Å². The maximum absolute atomic E-state index is 11.8. The summed E-state index contributed by atoms with van der Waals surface area (Å²) in [7, 11) is 0. The summed E-state index contributed by atoms with van der Waals surface area (Å²) in [5, 5.41) is 5.13. The number of halogens is 1. The number of esters is 1. The molecule has 0 unspecified atom stereocenters. The van der Waals surface area contributed by atoms with Crippen LogP contribution in [-0.2, 0) is 14.3 Å². The quantitative estimate of drug-likeness (QED) is 0.525.